The van der Waals surface area contributed by atoms with Crippen LogP contribution in [0.1, 0.15) is 0 Å². The molecular weight excluding hydrogens is 144 g/mol. The quantitative estimate of drug-likeness (QED) is 0.577. The van der Waals surface area contributed by atoms with Crippen molar-refractivity contribution in [1.82, 2.24) is 0 Å². The number of hydrogen-bond donors (Lipinski definition) is 0. The molecule has 0 unspecified atom stereocenters. The van der Waals surface area contributed by atoms with Gasteiger partial charge in [-0.15, -0.1) is 0 Å². The van der Waals surface area contributed by atoms with Crippen LogP contribution in [0.5, 0.6) is 0 Å². The van der Waals surface area contributed by atoms with Crippen LogP contribution in [0, 0.1) is 0 Å². The Labute approximate surface area is 74.6 Å². The predicted octanol–water partition coefficient (Wildman–Crippen LogP) is 3.60. The molecule has 0 saturated carbocycles. The van der Waals surface area contributed by atoms with Gasteiger partial charge in [0.05, 0.1) is 0 Å². The van der Waals surface area contributed by atoms with E-state index in [1.807, 2.05) is 48.6 Å². The maximum atomic E-state index is 3.46. The van der Waals surface area contributed by atoms with Gasteiger partial charge in [0.25, 0.3) is 0 Å². The number of benzene rings is 1. The molecule has 0 nitrogen and oxygen atoms in total. The first kappa shape index (κ1) is 10.4. The van der Waals surface area contributed by atoms with Crippen LogP contribution in [0.25, 0.3) is 0 Å². The predicted molar refractivity (Wildman–Crippen MR) is 56.0 cm³/mol. The van der Waals surface area contributed by atoms with Crippen LogP contribution in [0.2, 0.25) is 0 Å². The largest absolute Gasteiger partial charge is 0.0991 e. The Morgan fingerprint density at radius 1 is 0.583 bits per heavy atom. The van der Waals surface area contributed by atoms with Gasteiger partial charge in [-0.25, -0.2) is 0 Å². The van der Waals surface area contributed by atoms with Crippen LogP contribution in [0.3, 0.4) is 0 Å². The molecule has 0 radical (unpaired) electrons. The number of hydrogen-bond acceptors (Lipinski definition) is 0. The van der Waals surface area contributed by atoms with E-state index in [4.69, 9.17) is 0 Å². The van der Waals surface area contributed by atoms with E-state index >= 15 is 0 Å². The molecule has 0 heterocycles. The van der Waals surface area contributed by atoms with E-state index in [1.54, 1.807) is 12.2 Å². The monoisotopic (exact) mass is 158 g/mol. The third kappa shape index (κ3) is 8.44. The van der Waals surface area contributed by atoms with E-state index in [2.05, 4.69) is 13.2 Å². The summed E-state index contributed by atoms with van der Waals surface area (Å²) in [7, 11) is 0. The van der Waals surface area contributed by atoms with Gasteiger partial charge < -0.3 is 0 Å². The minimum absolute atomic E-state index is 1.71. The van der Waals surface area contributed by atoms with Gasteiger partial charge in [0, 0.05) is 0 Å². The van der Waals surface area contributed by atoms with Crippen molar-refractivity contribution >= 4 is 0 Å². The van der Waals surface area contributed by atoms with Gasteiger partial charge in [-0.05, 0) is 0 Å². The molecule has 0 aliphatic rings. The highest BCUT2D eigenvalue weighted by atomic mass is 13.6. The van der Waals surface area contributed by atoms with Crippen molar-refractivity contribution in [3.8, 4) is 0 Å². The Morgan fingerprint density at radius 2 is 0.833 bits per heavy atom. The summed E-state index contributed by atoms with van der Waals surface area (Å²) in [4.78, 5) is 0. The van der Waals surface area contributed by atoms with Gasteiger partial charge in [-0.1, -0.05) is 73.9 Å². The summed E-state index contributed by atoms with van der Waals surface area (Å²) in [6.07, 6.45) is 7.07. The van der Waals surface area contributed by atoms with Crippen molar-refractivity contribution in [2.45, 2.75) is 0 Å². The highest BCUT2D eigenvalue weighted by Gasteiger charge is 1.57. The summed E-state index contributed by atoms with van der Waals surface area (Å²) in [5.41, 5.74) is 0. The molecule has 62 valence electrons. The Kier molecular flexibility index (Phi) is 8.21. The van der Waals surface area contributed by atoms with Crippen molar-refractivity contribution in [3.63, 3.8) is 0 Å². The van der Waals surface area contributed by atoms with E-state index in [-0.39, 0.29) is 0 Å². The normalized spacial score (nSPS) is 8.33. The lowest BCUT2D eigenvalue weighted by molar-refractivity contribution is 1.72. The average Bonchev–Trinajstić information content (AvgIpc) is 2.18. The fourth-order valence-electron chi connectivity index (χ4n) is 0.542. The molecule has 0 amide bonds. The summed E-state index contributed by atoms with van der Waals surface area (Å²) in [5.74, 6) is 0. The molecule has 1 aromatic rings. The summed E-state index contributed by atoms with van der Waals surface area (Å²) < 4.78 is 0. The van der Waals surface area contributed by atoms with Gasteiger partial charge in [0.1, 0.15) is 0 Å². The van der Waals surface area contributed by atoms with Crippen LogP contribution >= 0.6 is 0 Å². The van der Waals surface area contributed by atoms with E-state index in [9.17, 15) is 0 Å². The van der Waals surface area contributed by atoms with E-state index in [0.717, 1.165) is 0 Å². The molecule has 0 saturated heterocycles. The van der Waals surface area contributed by atoms with Gasteiger partial charge >= 0.3 is 0 Å². The summed E-state index contributed by atoms with van der Waals surface area (Å²) in [6.45, 7) is 6.93. The second kappa shape index (κ2) is 9.44. The Morgan fingerprint density at radius 3 is 1.00 bits per heavy atom. The highest BCUT2D eigenvalue weighted by molar-refractivity contribution is 5.05. The minimum Gasteiger partial charge on any atom is -0.0991 e. The van der Waals surface area contributed by atoms with Crippen LogP contribution in [0.4, 0.5) is 0 Å². The first-order valence-electron chi connectivity index (χ1n) is 3.82. The van der Waals surface area contributed by atoms with Crippen LogP contribution in [-0.2, 0) is 0 Å². The molecule has 12 heavy (non-hydrogen) atoms. The summed E-state index contributed by atoms with van der Waals surface area (Å²) >= 11 is 0. The third-order valence-electron chi connectivity index (χ3n) is 1.05. The molecule has 0 aliphatic carbocycles. The second-order valence-corrected chi connectivity index (χ2v) is 2.01. The molecule has 0 heteroatoms. The van der Waals surface area contributed by atoms with Gasteiger partial charge in [-0.3, -0.25) is 0 Å². The fourth-order valence-corrected chi connectivity index (χ4v) is 0.542. The topological polar surface area (TPSA) is 0 Å². The van der Waals surface area contributed by atoms with E-state index in [0.29, 0.717) is 0 Å². The van der Waals surface area contributed by atoms with Crippen LogP contribution in [0.15, 0.2) is 73.9 Å². The third-order valence-corrected chi connectivity index (χ3v) is 1.05. The number of rotatable bonds is 2. The molecule has 0 bridgehead atoms. The standard InChI is InChI=1S/C6H6.C6H8/c1-2-4-6-5-3-1;1-3-5-6-4-2/h1-6H;3-6H,1-2H2. The molecule has 0 fully saturated rings. The molecule has 0 spiro atoms. The molecule has 0 aliphatic heterocycles. The summed E-state index contributed by atoms with van der Waals surface area (Å²) in [6, 6.07) is 12.0. The lowest BCUT2D eigenvalue weighted by Gasteiger charge is -1.69. The fraction of sp³-hybridized carbons (Fsp3) is 0. The zero-order valence-corrected chi connectivity index (χ0v) is 7.19. The Balaban J connectivity index is 0.000000202. The maximum Gasteiger partial charge on any atom is -0.0623 e. The second-order valence-electron chi connectivity index (χ2n) is 2.01. The highest BCUT2D eigenvalue weighted by Crippen LogP contribution is 1.79. The molecule has 0 atom stereocenters. The molecule has 1 rings (SSSR count). The van der Waals surface area contributed by atoms with Crippen molar-refractivity contribution in [1.29, 1.82) is 0 Å². The first-order chi connectivity index (χ1) is 5.91. The average molecular weight is 158 g/mol. The van der Waals surface area contributed by atoms with Gasteiger partial charge in [0.15, 0.2) is 0 Å². The molecule has 1 aromatic carbocycles. The van der Waals surface area contributed by atoms with Gasteiger partial charge in [0.2, 0.25) is 0 Å². The smallest absolute Gasteiger partial charge is 0.0623 e. The SMILES string of the molecule is C=CC=CC=C.c1ccccc1. The van der Waals surface area contributed by atoms with Crippen molar-refractivity contribution in [2.75, 3.05) is 0 Å². The molecule has 0 N–H and O–H groups in total. The van der Waals surface area contributed by atoms with Crippen LogP contribution < -0.4 is 0 Å². The zero-order chi connectivity index (χ0) is 9.07. The minimum atomic E-state index is 1.71. The number of allylic oxidation sites excluding steroid dienone is 4. The van der Waals surface area contributed by atoms with Gasteiger partial charge in [-0.2, -0.15) is 0 Å². The van der Waals surface area contributed by atoms with Crippen molar-refractivity contribution in [3.05, 3.63) is 73.9 Å². The van der Waals surface area contributed by atoms with Crippen LogP contribution in [-0.4, -0.2) is 0 Å². The van der Waals surface area contributed by atoms with E-state index < -0.39 is 0 Å². The summed E-state index contributed by atoms with van der Waals surface area (Å²) in [5, 5.41) is 0. The maximum absolute atomic E-state index is 3.46. The first-order valence-corrected chi connectivity index (χ1v) is 3.82. The lowest BCUT2D eigenvalue weighted by atomic mass is 10.4. The van der Waals surface area contributed by atoms with E-state index in [1.165, 1.54) is 0 Å². The van der Waals surface area contributed by atoms with Crippen molar-refractivity contribution < 1.29 is 0 Å². The zero-order valence-electron chi connectivity index (χ0n) is 7.19. The van der Waals surface area contributed by atoms with Crippen molar-refractivity contribution in [2.24, 2.45) is 0 Å². The Hall–Kier alpha value is -1.56. The lowest BCUT2D eigenvalue weighted by Crippen LogP contribution is -1.47. The Bertz CT molecular complexity index is 182. The molecule has 0 aromatic heterocycles. The molecular formula is C12H14.